The number of anilines is 1. The van der Waals surface area contributed by atoms with Crippen molar-refractivity contribution in [1.29, 1.82) is 0 Å². The highest BCUT2D eigenvalue weighted by Crippen LogP contribution is 2.23. The van der Waals surface area contributed by atoms with E-state index in [9.17, 15) is 5.11 Å². The molecule has 0 radical (unpaired) electrons. The summed E-state index contributed by atoms with van der Waals surface area (Å²) in [7, 11) is 0. The Morgan fingerprint density at radius 3 is 3.00 bits per heavy atom. The fourth-order valence-electron chi connectivity index (χ4n) is 2.02. The Kier molecular flexibility index (Phi) is 3.07. The molecule has 1 aliphatic heterocycles. The second-order valence-electron chi connectivity index (χ2n) is 4.63. The standard InChI is InChI=1S/C11H17N3O2/c1-11(2)8-14(6-9(7-15)16-11)10-5-12-3-4-13-10/h3-5,9,15H,6-8H2,1-2H3. The van der Waals surface area contributed by atoms with Crippen LogP contribution in [0.3, 0.4) is 0 Å². The van der Waals surface area contributed by atoms with E-state index in [1.165, 1.54) is 0 Å². The molecular formula is C11H17N3O2. The molecular weight excluding hydrogens is 206 g/mol. The third-order valence-corrected chi connectivity index (χ3v) is 2.56. The SMILES string of the molecule is CC1(C)CN(c2cnccn2)CC(CO)O1. The van der Waals surface area contributed by atoms with Gasteiger partial charge in [-0.25, -0.2) is 4.98 Å². The van der Waals surface area contributed by atoms with Gasteiger partial charge in [0.2, 0.25) is 0 Å². The Bertz CT molecular complexity index is 342. The Morgan fingerprint density at radius 1 is 1.56 bits per heavy atom. The van der Waals surface area contributed by atoms with Gasteiger partial charge in [0, 0.05) is 25.5 Å². The van der Waals surface area contributed by atoms with Crippen molar-refractivity contribution in [3.63, 3.8) is 0 Å². The van der Waals surface area contributed by atoms with Crippen LogP contribution in [0, 0.1) is 0 Å². The second kappa shape index (κ2) is 4.35. The Balaban J connectivity index is 2.16. The van der Waals surface area contributed by atoms with Crippen LogP contribution in [0.5, 0.6) is 0 Å². The number of nitrogens with zero attached hydrogens (tertiary/aromatic N) is 3. The van der Waals surface area contributed by atoms with Crippen LogP contribution < -0.4 is 4.90 Å². The van der Waals surface area contributed by atoms with Crippen molar-refractivity contribution in [2.24, 2.45) is 0 Å². The van der Waals surface area contributed by atoms with Crippen molar-refractivity contribution in [2.45, 2.75) is 25.6 Å². The third kappa shape index (κ3) is 2.48. The molecule has 1 atom stereocenters. The molecule has 1 aliphatic rings. The van der Waals surface area contributed by atoms with E-state index < -0.39 is 0 Å². The predicted molar refractivity (Wildman–Crippen MR) is 60.3 cm³/mol. The first-order valence-electron chi connectivity index (χ1n) is 5.40. The van der Waals surface area contributed by atoms with Gasteiger partial charge in [-0.15, -0.1) is 0 Å². The number of hydrogen-bond donors (Lipinski definition) is 1. The van der Waals surface area contributed by atoms with Crippen molar-refractivity contribution in [3.8, 4) is 0 Å². The number of aliphatic hydroxyl groups is 1. The maximum atomic E-state index is 9.20. The molecule has 0 saturated carbocycles. The van der Waals surface area contributed by atoms with Crippen LogP contribution in [-0.4, -0.2) is 46.5 Å². The fraction of sp³-hybridized carbons (Fsp3) is 0.636. The smallest absolute Gasteiger partial charge is 0.147 e. The van der Waals surface area contributed by atoms with Crippen LogP contribution in [0.4, 0.5) is 5.82 Å². The van der Waals surface area contributed by atoms with Crippen LogP contribution in [0.2, 0.25) is 0 Å². The number of rotatable bonds is 2. The second-order valence-corrected chi connectivity index (χ2v) is 4.63. The quantitative estimate of drug-likeness (QED) is 0.789. The number of aromatic nitrogens is 2. The van der Waals surface area contributed by atoms with Crippen LogP contribution in [0.25, 0.3) is 0 Å². The topological polar surface area (TPSA) is 58.5 Å². The lowest BCUT2D eigenvalue weighted by Crippen LogP contribution is -2.54. The molecule has 16 heavy (non-hydrogen) atoms. The molecule has 0 amide bonds. The van der Waals surface area contributed by atoms with Crippen molar-refractivity contribution >= 4 is 5.82 Å². The van der Waals surface area contributed by atoms with Crippen LogP contribution in [0.15, 0.2) is 18.6 Å². The van der Waals surface area contributed by atoms with Gasteiger partial charge in [-0.05, 0) is 13.8 Å². The van der Waals surface area contributed by atoms with Gasteiger partial charge >= 0.3 is 0 Å². The minimum atomic E-state index is -0.275. The summed E-state index contributed by atoms with van der Waals surface area (Å²) in [4.78, 5) is 10.4. The molecule has 1 fully saturated rings. The summed E-state index contributed by atoms with van der Waals surface area (Å²) in [5, 5.41) is 9.20. The van der Waals surface area contributed by atoms with Gasteiger partial charge in [-0.1, -0.05) is 0 Å². The first-order chi connectivity index (χ1) is 7.61. The Labute approximate surface area is 95.1 Å². The zero-order valence-electron chi connectivity index (χ0n) is 9.63. The average Bonchev–Trinajstić information content (AvgIpc) is 2.28. The van der Waals surface area contributed by atoms with Gasteiger partial charge in [0.15, 0.2) is 0 Å². The molecule has 1 unspecified atom stereocenters. The van der Waals surface area contributed by atoms with E-state index in [0.717, 1.165) is 12.4 Å². The van der Waals surface area contributed by atoms with E-state index in [-0.39, 0.29) is 18.3 Å². The molecule has 2 rings (SSSR count). The summed E-state index contributed by atoms with van der Waals surface area (Å²) in [6.45, 7) is 5.46. The summed E-state index contributed by atoms with van der Waals surface area (Å²) in [5.41, 5.74) is -0.275. The number of aliphatic hydroxyl groups excluding tert-OH is 1. The van der Waals surface area contributed by atoms with E-state index >= 15 is 0 Å². The lowest BCUT2D eigenvalue weighted by molar-refractivity contribution is -0.101. The van der Waals surface area contributed by atoms with Crippen LogP contribution in [-0.2, 0) is 4.74 Å². The van der Waals surface area contributed by atoms with Crippen LogP contribution >= 0.6 is 0 Å². The molecule has 1 aromatic rings. The first kappa shape index (κ1) is 11.3. The maximum Gasteiger partial charge on any atom is 0.147 e. The summed E-state index contributed by atoms with van der Waals surface area (Å²) in [6, 6.07) is 0. The minimum Gasteiger partial charge on any atom is -0.394 e. The van der Waals surface area contributed by atoms with E-state index in [0.29, 0.717) is 6.54 Å². The molecule has 5 heteroatoms. The van der Waals surface area contributed by atoms with Gasteiger partial charge in [-0.3, -0.25) is 4.98 Å². The Hall–Kier alpha value is -1.20. The third-order valence-electron chi connectivity index (χ3n) is 2.56. The highest BCUT2D eigenvalue weighted by atomic mass is 16.5. The number of ether oxygens (including phenoxy) is 1. The van der Waals surface area contributed by atoms with E-state index in [1.807, 2.05) is 13.8 Å². The molecule has 0 aliphatic carbocycles. The molecule has 1 N–H and O–H groups in total. The van der Waals surface area contributed by atoms with Crippen LogP contribution in [0.1, 0.15) is 13.8 Å². The summed E-state index contributed by atoms with van der Waals surface area (Å²) >= 11 is 0. The summed E-state index contributed by atoms with van der Waals surface area (Å²) in [5.74, 6) is 0.831. The molecule has 2 heterocycles. The van der Waals surface area contributed by atoms with E-state index in [1.54, 1.807) is 18.6 Å². The highest BCUT2D eigenvalue weighted by molar-refractivity contribution is 5.36. The fourth-order valence-corrected chi connectivity index (χ4v) is 2.02. The van der Waals surface area contributed by atoms with Crippen molar-refractivity contribution in [2.75, 3.05) is 24.6 Å². The Morgan fingerprint density at radius 2 is 2.38 bits per heavy atom. The molecule has 88 valence electrons. The normalized spacial score (nSPS) is 24.4. The molecule has 1 saturated heterocycles. The summed E-state index contributed by atoms with van der Waals surface area (Å²) < 4.78 is 5.73. The van der Waals surface area contributed by atoms with Crippen molar-refractivity contribution in [1.82, 2.24) is 9.97 Å². The zero-order valence-corrected chi connectivity index (χ0v) is 9.63. The molecule has 5 nitrogen and oxygen atoms in total. The largest absolute Gasteiger partial charge is 0.394 e. The van der Waals surface area contributed by atoms with Crippen molar-refractivity contribution < 1.29 is 9.84 Å². The minimum absolute atomic E-state index is 0.0280. The predicted octanol–water partition coefficient (Wildman–Crippen LogP) is 0.453. The number of morpholine rings is 1. The average molecular weight is 223 g/mol. The van der Waals surface area contributed by atoms with Gasteiger partial charge in [0.1, 0.15) is 5.82 Å². The van der Waals surface area contributed by atoms with Gasteiger partial charge in [0.05, 0.1) is 24.5 Å². The van der Waals surface area contributed by atoms with Gasteiger partial charge in [-0.2, -0.15) is 0 Å². The summed E-state index contributed by atoms with van der Waals surface area (Å²) in [6.07, 6.45) is 4.89. The molecule has 0 aromatic carbocycles. The van der Waals surface area contributed by atoms with Crippen molar-refractivity contribution in [3.05, 3.63) is 18.6 Å². The lowest BCUT2D eigenvalue weighted by Gasteiger charge is -2.42. The molecule has 1 aromatic heterocycles. The highest BCUT2D eigenvalue weighted by Gasteiger charge is 2.33. The van der Waals surface area contributed by atoms with Gasteiger partial charge in [0.25, 0.3) is 0 Å². The zero-order chi connectivity index (χ0) is 11.6. The van der Waals surface area contributed by atoms with E-state index in [4.69, 9.17) is 4.74 Å². The van der Waals surface area contributed by atoms with E-state index in [2.05, 4.69) is 14.9 Å². The maximum absolute atomic E-state index is 9.20. The molecule has 0 spiro atoms. The van der Waals surface area contributed by atoms with Gasteiger partial charge < -0.3 is 14.7 Å². The first-order valence-corrected chi connectivity index (χ1v) is 5.40. The lowest BCUT2D eigenvalue weighted by atomic mass is 10.1. The number of hydrogen-bond acceptors (Lipinski definition) is 5. The monoisotopic (exact) mass is 223 g/mol. The molecule has 0 bridgehead atoms.